The molecule has 44 heavy (non-hydrogen) atoms. The van der Waals surface area contributed by atoms with Crippen LogP contribution in [0.25, 0.3) is 66.8 Å². The molecule has 210 valence electrons. The van der Waals surface area contributed by atoms with Crippen molar-refractivity contribution >= 4 is 0 Å². The zero-order valence-electron chi connectivity index (χ0n) is 25.2. The molecule has 0 aliphatic rings. The third-order valence-corrected chi connectivity index (χ3v) is 8.38. The smallest absolute Gasteiger partial charge is 0.0171 e. The van der Waals surface area contributed by atoms with Gasteiger partial charge in [0.05, 0.1) is 0 Å². The van der Waals surface area contributed by atoms with Crippen LogP contribution in [0, 0.1) is 13.8 Å². The van der Waals surface area contributed by atoms with Gasteiger partial charge in [-0.25, -0.2) is 0 Å². The highest BCUT2D eigenvalue weighted by Crippen LogP contribution is 2.37. The standard InChI is InChI=1S/C44H34/c1-31-16-20-35(21-17-31)41-25-39(33-10-5-3-6-11-33)27-43(29-41)37-14-9-15-38(24-37)44-28-40(34-12-7-4-8-13-34)26-42(30-44)36-22-18-32(2)19-23-36/h3-30H,1-2H3. The molecule has 0 radical (unpaired) electrons. The summed E-state index contributed by atoms with van der Waals surface area (Å²) in [6.07, 6.45) is 0. The van der Waals surface area contributed by atoms with Crippen molar-refractivity contribution in [2.75, 3.05) is 0 Å². The highest BCUT2D eigenvalue weighted by Gasteiger charge is 2.11. The lowest BCUT2D eigenvalue weighted by Gasteiger charge is -2.14. The van der Waals surface area contributed by atoms with Crippen molar-refractivity contribution in [3.63, 3.8) is 0 Å². The van der Waals surface area contributed by atoms with E-state index in [1.54, 1.807) is 0 Å². The first-order valence-corrected chi connectivity index (χ1v) is 15.2. The second-order valence-electron chi connectivity index (χ2n) is 11.6. The van der Waals surface area contributed by atoms with Crippen LogP contribution in [-0.4, -0.2) is 0 Å². The summed E-state index contributed by atoms with van der Waals surface area (Å²) in [6, 6.07) is 61.9. The summed E-state index contributed by atoms with van der Waals surface area (Å²) in [4.78, 5) is 0. The van der Waals surface area contributed by atoms with Crippen molar-refractivity contribution < 1.29 is 0 Å². The molecule has 7 aromatic carbocycles. The predicted octanol–water partition coefficient (Wildman–Crippen LogP) is 12.3. The summed E-state index contributed by atoms with van der Waals surface area (Å²) >= 11 is 0. The molecule has 0 spiro atoms. The number of hydrogen-bond acceptors (Lipinski definition) is 0. The van der Waals surface area contributed by atoms with E-state index >= 15 is 0 Å². The molecule has 0 aliphatic heterocycles. The minimum Gasteiger partial charge on any atom is -0.0622 e. The maximum absolute atomic E-state index is 2.34. The average Bonchev–Trinajstić information content (AvgIpc) is 3.09. The second-order valence-corrected chi connectivity index (χ2v) is 11.6. The molecule has 7 rings (SSSR count). The normalized spacial score (nSPS) is 11.0. The molecule has 0 saturated carbocycles. The van der Waals surface area contributed by atoms with Gasteiger partial charge in [-0.3, -0.25) is 0 Å². The van der Waals surface area contributed by atoms with Gasteiger partial charge >= 0.3 is 0 Å². The van der Waals surface area contributed by atoms with Crippen molar-refractivity contribution in [1.82, 2.24) is 0 Å². The molecule has 0 atom stereocenters. The van der Waals surface area contributed by atoms with E-state index in [1.807, 2.05) is 0 Å². The number of hydrogen-bond donors (Lipinski definition) is 0. The van der Waals surface area contributed by atoms with Crippen LogP contribution in [0.3, 0.4) is 0 Å². The third-order valence-electron chi connectivity index (χ3n) is 8.38. The highest BCUT2D eigenvalue weighted by molar-refractivity contribution is 5.85. The summed E-state index contributed by atoms with van der Waals surface area (Å²) in [5, 5.41) is 0. The zero-order chi connectivity index (χ0) is 29.9. The first-order valence-electron chi connectivity index (χ1n) is 15.2. The fourth-order valence-electron chi connectivity index (χ4n) is 5.89. The number of benzene rings is 7. The van der Waals surface area contributed by atoms with E-state index in [9.17, 15) is 0 Å². The molecule has 0 unspecified atom stereocenters. The Morgan fingerprint density at radius 2 is 0.455 bits per heavy atom. The highest BCUT2D eigenvalue weighted by atomic mass is 14.2. The van der Waals surface area contributed by atoms with E-state index < -0.39 is 0 Å². The van der Waals surface area contributed by atoms with Crippen LogP contribution in [0.4, 0.5) is 0 Å². The molecule has 0 bridgehead atoms. The van der Waals surface area contributed by atoms with E-state index in [-0.39, 0.29) is 0 Å². The molecular weight excluding hydrogens is 528 g/mol. The van der Waals surface area contributed by atoms with Crippen molar-refractivity contribution in [2.24, 2.45) is 0 Å². The Morgan fingerprint density at radius 1 is 0.205 bits per heavy atom. The van der Waals surface area contributed by atoms with Crippen LogP contribution in [0.1, 0.15) is 11.1 Å². The molecule has 0 heterocycles. The van der Waals surface area contributed by atoms with E-state index in [1.165, 1.54) is 77.9 Å². The summed E-state index contributed by atoms with van der Waals surface area (Å²) in [5.41, 5.74) is 17.1. The monoisotopic (exact) mass is 562 g/mol. The van der Waals surface area contributed by atoms with Gasteiger partial charge in [-0.05, 0) is 123 Å². The van der Waals surface area contributed by atoms with Gasteiger partial charge in [0, 0.05) is 0 Å². The van der Waals surface area contributed by atoms with Crippen LogP contribution in [0.5, 0.6) is 0 Å². The van der Waals surface area contributed by atoms with Crippen LogP contribution < -0.4 is 0 Å². The first kappa shape index (κ1) is 27.4. The lowest BCUT2D eigenvalue weighted by molar-refractivity contribution is 1.47. The molecule has 0 nitrogen and oxygen atoms in total. The van der Waals surface area contributed by atoms with Crippen LogP contribution in [0.15, 0.2) is 170 Å². The van der Waals surface area contributed by atoms with Gasteiger partial charge in [-0.2, -0.15) is 0 Å². The molecule has 0 heteroatoms. The number of rotatable bonds is 6. The van der Waals surface area contributed by atoms with Gasteiger partial charge in [0.2, 0.25) is 0 Å². The Kier molecular flexibility index (Phi) is 7.49. The van der Waals surface area contributed by atoms with Gasteiger partial charge < -0.3 is 0 Å². The van der Waals surface area contributed by atoms with Gasteiger partial charge in [0.25, 0.3) is 0 Å². The van der Waals surface area contributed by atoms with Gasteiger partial charge in [0.15, 0.2) is 0 Å². The Labute approximate surface area is 261 Å². The largest absolute Gasteiger partial charge is 0.0622 e. The summed E-state index contributed by atoms with van der Waals surface area (Å²) in [5.74, 6) is 0. The Morgan fingerprint density at radius 3 is 0.795 bits per heavy atom. The predicted molar refractivity (Wildman–Crippen MR) is 189 cm³/mol. The van der Waals surface area contributed by atoms with E-state index in [0.717, 1.165) is 0 Å². The number of aryl methyl sites for hydroxylation is 2. The maximum atomic E-state index is 2.34. The quantitative estimate of drug-likeness (QED) is 0.189. The van der Waals surface area contributed by atoms with Crippen molar-refractivity contribution in [3.8, 4) is 66.8 Å². The maximum Gasteiger partial charge on any atom is -0.0171 e. The first-order chi connectivity index (χ1) is 21.6. The molecule has 0 saturated heterocycles. The lowest BCUT2D eigenvalue weighted by atomic mass is 9.90. The SMILES string of the molecule is Cc1ccc(-c2cc(-c3ccccc3)cc(-c3cccc(-c4cc(-c5ccccc5)cc(-c5ccc(C)cc5)c4)c3)c2)cc1. The molecule has 0 aromatic heterocycles. The molecule has 0 fully saturated rings. The molecule has 0 aliphatic carbocycles. The van der Waals surface area contributed by atoms with E-state index in [0.29, 0.717) is 0 Å². The zero-order valence-corrected chi connectivity index (χ0v) is 25.2. The van der Waals surface area contributed by atoms with Gasteiger partial charge in [-0.1, -0.05) is 139 Å². The average molecular weight is 563 g/mol. The minimum atomic E-state index is 1.20. The molecule has 0 amide bonds. The second kappa shape index (κ2) is 12.0. The Bertz CT molecular complexity index is 1880. The van der Waals surface area contributed by atoms with Crippen LogP contribution >= 0.6 is 0 Å². The van der Waals surface area contributed by atoms with E-state index in [2.05, 4.69) is 184 Å². The molecular formula is C44H34. The van der Waals surface area contributed by atoms with Crippen molar-refractivity contribution in [2.45, 2.75) is 13.8 Å². The van der Waals surface area contributed by atoms with Gasteiger partial charge in [0.1, 0.15) is 0 Å². The minimum absolute atomic E-state index is 1.20. The summed E-state index contributed by atoms with van der Waals surface area (Å²) in [6.45, 7) is 4.27. The molecule has 0 N–H and O–H groups in total. The van der Waals surface area contributed by atoms with Crippen LogP contribution in [0.2, 0.25) is 0 Å². The summed E-state index contributed by atoms with van der Waals surface area (Å²) in [7, 11) is 0. The van der Waals surface area contributed by atoms with E-state index in [4.69, 9.17) is 0 Å². The Balaban J connectivity index is 1.37. The van der Waals surface area contributed by atoms with Crippen LogP contribution in [-0.2, 0) is 0 Å². The van der Waals surface area contributed by atoms with Crippen molar-refractivity contribution in [1.29, 1.82) is 0 Å². The van der Waals surface area contributed by atoms with Gasteiger partial charge in [-0.15, -0.1) is 0 Å². The fraction of sp³-hybridized carbons (Fsp3) is 0.0455. The topological polar surface area (TPSA) is 0 Å². The fourth-order valence-corrected chi connectivity index (χ4v) is 5.89. The third kappa shape index (κ3) is 5.89. The Hall–Kier alpha value is -5.46. The lowest BCUT2D eigenvalue weighted by Crippen LogP contribution is -1.89. The van der Waals surface area contributed by atoms with Crippen molar-refractivity contribution in [3.05, 3.63) is 181 Å². The molecule has 7 aromatic rings. The summed E-state index contributed by atoms with van der Waals surface area (Å²) < 4.78 is 0.